The number of hydrazine groups is 1. The summed E-state index contributed by atoms with van der Waals surface area (Å²) in [6.45, 7) is 8.72. The third-order valence-corrected chi connectivity index (χ3v) is 6.91. The van der Waals surface area contributed by atoms with Gasteiger partial charge in [0, 0.05) is 70.7 Å². The number of nitrogens with zero attached hydrogens (tertiary/aromatic N) is 5. The van der Waals surface area contributed by atoms with E-state index >= 15 is 0 Å². The summed E-state index contributed by atoms with van der Waals surface area (Å²) in [5.41, 5.74) is 3.95. The van der Waals surface area contributed by atoms with Gasteiger partial charge < -0.3 is 14.9 Å². The first kappa shape index (κ1) is 27.2. The van der Waals surface area contributed by atoms with Crippen LogP contribution in [0.25, 0.3) is 0 Å². The molecule has 0 aliphatic carbocycles. The molecule has 9 nitrogen and oxygen atoms in total. The molecule has 2 bridgehead atoms. The van der Waals surface area contributed by atoms with Crippen molar-refractivity contribution >= 4 is 37.1 Å². The minimum Gasteiger partial charge on any atom is -0.480 e. The molecule has 1 aromatic heterocycles. The molecule has 2 fully saturated rings. The van der Waals surface area contributed by atoms with E-state index in [0.29, 0.717) is 6.42 Å². The van der Waals surface area contributed by atoms with E-state index in [1.807, 2.05) is 28.1 Å². The molecule has 0 aromatic carbocycles. The maximum Gasteiger partial charge on any atom is 0.317 e. The number of aliphatic carboxylic acids is 1. The third-order valence-electron chi connectivity index (χ3n) is 6.28. The fraction of sp³-hybridized carbons (Fsp3) is 0.696. The Bertz CT molecular complexity index is 785. The van der Waals surface area contributed by atoms with Crippen molar-refractivity contribution in [1.29, 1.82) is 0 Å². The Hall–Kier alpha value is -1.37. The van der Waals surface area contributed by atoms with Gasteiger partial charge in [-0.1, -0.05) is 6.07 Å². The average molecular weight is 511 g/mol. The maximum atomic E-state index is 12.8. The molecular weight excluding hydrogens is 472 g/mol. The average Bonchev–Trinajstić information content (AvgIpc) is 2.77. The van der Waals surface area contributed by atoms with E-state index in [9.17, 15) is 14.7 Å². The summed E-state index contributed by atoms with van der Waals surface area (Å²) in [6.07, 6.45) is 4.28. The van der Waals surface area contributed by atoms with E-state index in [1.165, 1.54) is 0 Å². The standard InChI is InChI=1S/C23H38N6O3S2/c30-21(18-23(33,34)17-20-5-1-2-6-24-20)25-29-10-4-8-26-11-12-27(15-16-29)7-3-9-28(14-13-26)19-22(31)32/h1-2,5-6,33-34H,3-4,7-19H2,(H,25,30)(H,31,32). The third kappa shape index (κ3) is 10.1. The molecule has 3 rings (SSSR count). The zero-order valence-electron chi connectivity index (χ0n) is 19.8. The highest BCUT2D eigenvalue weighted by atomic mass is 32.2. The summed E-state index contributed by atoms with van der Waals surface area (Å²) >= 11 is 9.25. The molecule has 2 unspecified atom stereocenters. The van der Waals surface area contributed by atoms with E-state index in [4.69, 9.17) is 0 Å². The largest absolute Gasteiger partial charge is 0.480 e. The number of thiol groups is 2. The SMILES string of the molecule is O=C(O)CN1CCCN2CCN(CCCN(NC(=O)CC(S)(S)Cc3ccccn3)CC2)CC1. The lowest BCUT2D eigenvalue weighted by Crippen LogP contribution is -2.51. The van der Waals surface area contributed by atoms with Gasteiger partial charge in [0.2, 0.25) is 5.91 Å². The maximum absolute atomic E-state index is 12.8. The summed E-state index contributed by atoms with van der Waals surface area (Å²) in [5.74, 6) is -0.855. The second kappa shape index (κ2) is 13.6. The van der Waals surface area contributed by atoms with Crippen molar-refractivity contribution in [1.82, 2.24) is 30.1 Å². The van der Waals surface area contributed by atoms with Gasteiger partial charge in [0.05, 0.1) is 17.0 Å². The molecule has 2 aliphatic rings. The number of nitrogens with one attached hydrogen (secondary N) is 1. The van der Waals surface area contributed by atoms with Crippen molar-refractivity contribution in [3.05, 3.63) is 30.1 Å². The van der Waals surface area contributed by atoms with Crippen LogP contribution < -0.4 is 5.43 Å². The van der Waals surface area contributed by atoms with Gasteiger partial charge in [0.15, 0.2) is 0 Å². The minimum atomic E-state index is -0.781. The van der Waals surface area contributed by atoms with Crippen molar-refractivity contribution < 1.29 is 14.7 Å². The van der Waals surface area contributed by atoms with Crippen molar-refractivity contribution in [3.8, 4) is 0 Å². The van der Waals surface area contributed by atoms with Crippen LogP contribution in [0.2, 0.25) is 0 Å². The molecule has 190 valence electrons. The van der Waals surface area contributed by atoms with Crippen LogP contribution in [0.4, 0.5) is 0 Å². The summed E-state index contributed by atoms with van der Waals surface area (Å²) in [6, 6.07) is 5.70. The number of carbonyl (C=O) groups excluding carboxylic acids is 1. The molecule has 3 heterocycles. The van der Waals surface area contributed by atoms with Crippen LogP contribution in [0.15, 0.2) is 24.4 Å². The Morgan fingerprint density at radius 1 is 0.941 bits per heavy atom. The summed E-state index contributed by atoms with van der Waals surface area (Å²) in [7, 11) is 0. The fourth-order valence-electron chi connectivity index (χ4n) is 4.51. The second-order valence-electron chi connectivity index (χ2n) is 9.24. The van der Waals surface area contributed by atoms with Crippen LogP contribution in [-0.4, -0.2) is 118 Å². The van der Waals surface area contributed by atoms with Crippen molar-refractivity contribution in [2.75, 3.05) is 72.0 Å². The fourth-order valence-corrected chi connectivity index (χ4v) is 5.13. The number of fused-ring (bicyclic) bond motifs is 3. The highest BCUT2D eigenvalue weighted by molar-refractivity contribution is 8.00. The van der Waals surface area contributed by atoms with Crippen molar-refractivity contribution in [2.45, 2.75) is 29.8 Å². The smallest absolute Gasteiger partial charge is 0.317 e. The number of hydrogen-bond acceptors (Lipinski definition) is 9. The van der Waals surface area contributed by atoms with Gasteiger partial charge in [-0.25, -0.2) is 5.01 Å². The molecule has 2 saturated heterocycles. The zero-order chi connectivity index (χ0) is 24.4. The number of carboxylic acid groups (broad SMARTS) is 1. The predicted octanol–water partition coefficient (Wildman–Crippen LogP) is 0.701. The Kier molecular flexibility index (Phi) is 10.9. The lowest BCUT2D eigenvalue weighted by molar-refractivity contribution is -0.138. The van der Waals surface area contributed by atoms with E-state index in [2.05, 4.69) is 45.5 Å². The lowest BCUT2D eigenvalue weighted by atomic mass is 10.1. The molecule has 2 atom stereocenters. The topological polar surface area (TPSA) is 92.3 Å². The number of rotatable bonds is 7. The van der Waals surface area contributed by atoms with Gasteiger partial charge in [-0.3, -0.25) is 24.9 Å². The van der Waals surface area contributed by atoms with E-state index in [-0.39, 0.29) is 18.9 Å². The van der Waals surface area contributed by atoms with Crippen molar-refractivity contribution in [3.63, 3.8) is 0 Å². The van der Waals surface area contributed by atoms with Crippen LogP contribution in [0, 0.1) is 0 Å². The van der Waals surface area contributed by atoms with Crippen molar-refractivity contribution in [2.24, 2.45) is 0 Å². The predicted molar refractivity (Wildman–Crippen MR) is 139 cm³/mol. The molecule has 0 saturated carbocycles. The number of amides is 1. The van der Waals surface area contributed by atoms with Crippen LogP contribution >= 0.6 is 25.3 Å². The quantitative estimate of drug-likeness (QED) is 0.315. The van der Waals surface area contributed by atoms with Crippen LogP contribution in [0.1, 0.15) is 25.0 Å². The summed E-state index contributed by atoms with van der Waals surface area (Å²) in [4.78, 5) is 35.2. The van der Waals surface area contributed by atoms with Gasteiger partial charge in [-0.2, -0.15) is 25.3 Å². The normalized spacial score (nSPS) is 23.8. The highest BCUT2D eigenvalue weighted by Gasteiger charge is 2.27. The molecular formula is C23H38N6O3S2. The van der Waals surface area contributed by atoms with Gasteiger partial charge in [0.25, 0.3) is 0 Å². The summed E-state index contributed by atoms with van der Waals surface area (Å²) in [5, 5.41) is 11.2. The first-order chi connectivity index (χ1) is 16.3. The Labute approximate surface area is 213 Å². The number of carbonyl (C=O) groups is 2. The van der Waals surface area contributed by atoms with Gasteiger partial charge in [-0.15, -0.1) is 0 Å². The molecule has 1 aromatic rings. The Morgan fingerprint density at radius 3 is 2.29 bits per heavy atom. The van der Waals surface area contributed by atoms with Gasteiger partial charge >= 0.3 is 5.97 Å². The number of pyridine rings is 1. The van der Waals surface area contributed by atoms with Gasteiger partial charge in [-0.05, 0) is 38.1 Å². The first-order valence-electron chi connectivity index (χ1n) is 12.1. The lowest BCUT2D eigenvalue weighted by Gasteiger charge is -2.35. The second-order valence-corrected chi connectivity index (χ2v) is 11.3. The Morgan fingerprint density at radius 2 is 1.62 bits per heavy atom. The minimum absolute atomic E-state index is 0.0909. The van der Waals surface area contributed by atoms with Crippen LogP contribution in [-0.2, 0) is 16.0 Å². The molecule has 2 aliphatic heterocycles. The molecule has 0 spiro atoms. The molecule has 0 radical (unpaired) electrons. The molecule has 1 amide bonds. The highest BCUT2D eigenvalue weighted by Crippen LogP contribution is 2.28. The van der Waals surface area contributed by atoms with Crippen LogP contribution in [0.5, 0.6) is 0 Å². The monoisotopic (exact) mass is 510 g/mol. The van der Waals surface area contributed by atoms with E-state index in [1.54, 1.807) is 6.20 Å². The first-order valence-corrected chi connectivity index (χ1v) is 13.0. The van der Waals surface area contributed by atoms with E-state index in [0.717, 1.165) is 84.0 Å². The van der Waals surface area contributed by atoms with Crippen LogP contribution in [0.3, 0.4) is 0 Å². The summed E-state index contributed by atoms with van der Waals surface area (Å²) < 4.78 is -0.781. The van der Waals surface area contributed by atoms with Gasteiger partial charge in [0.1, 0.15) is 0 Å². The molecule has 11 heteroatoms. The number of aromatic nitrogens is 1. The molecule has 34 heavy (non-hydrogen) atoms. The zero-order valence-corrected chi connectivity index (χ0v) is 21.6. The molecule has 2 N–H and O–H groups in total. The number of carboxylic acids is 1. The Balaban J connectivity index is 1.53. The van der Waals surface area contributed by atoms with E-state index < -0.39 is 10.0 Å². The number of hydrogen-bond donors (Lipinski definition) is 4.